The molecule has 1 aromatic carbocycles. The molecule has 0 aromatic heterocycles. The van der Waals surface area contributed by atoms with E-state index in [-0.39, 0.29) is 5.75 Å². The zero-order valence-corrected chi connectivity index (χ0v) is 14.5. The minimum Gasteiger partial charge on any atom is -0.310 e. The van der Waals surface area contributed by atoms with Crippen LogP contribution in [0.5, 0.6) is 0 Å². The lowest BCUT2D eigenvalue weighted by Crippen LogP contribution is -2.43. The number of hydrogen-bond donors (Lipinski definition) is 2. The summed E-state index contributed by atoms with van der Waals surface area (Å²) in [4.78, 5) is 0. The summed E-state index contributed by atoms with van der Waals surface area (Å²) < 4.78 is 27.0. The Morgan fingerprint density at radius 1 is 1.10 bits per heavy atom. The van der Waals surface area contributed by atoms with Crippen LogP contribution in [0.2, 0.25) is 0 Å². The number of rotatable bonds is 8. The van der Waals surface area contributed by atoms with Crippen molar-refractivity contribution >= 4 is 10.0 Å². The Morgan fingerprint density at radius 2 is 1.62 bits per heavy atom. The summed E-state index contributed by atoms with van der Waals surface area (Å²) in [7, 11) is -3.31. The molecule has 0 aliphatic heterocycles. The highest BCUT2D eigenvalue weighted by Gasteiger charge is 2.22. The molecule has 0 saturated heterocycles. The molecule has 120 valence electrons. The predicted octanol–water partition coefficient (Wildman–Crippen LogP) is 2.79. The van der Waals surface area contributed by atoms with Gasteiger partial charge in [-0.3, -0.25) is 0 Å². The van der Waals surface area contributed by atoms with Gasteiger partial charge >= 0.3 is 0 Å². The van der Waals surface area contributed by atoms with Crippen LogP contribution in [0.4, 0.5) is 0 Å². The molecule has 0 spiro atoms. The second-order valence-corrected chi connectivity index (χ2v) is 8.17. The topological polar surface area (TPSA) is 58.2 Å². The first kappa shape index (κ1) is 18.1. The van der Waals surface area contributed by atoms with Crippen molar-refractivity contribution in [3.63, 3.8) is 0 Å². The molecule has 0 heterocycles. The Morgan fingerprint density at radius 3 is 2.10 bits per heavy atom. The van der Waals surface area contributed by atoms with Crippen LogP contribution in [-0.2, 0) is 22.3 Å². The first-order valence-corrected chi connectivity index (χ1v) is 9.11. The third kappa shape index (κ3) is 7.07. The van der Waals surface area contributed by atoms with Gasteiger partial charge in [0.1, 0.15) is 0 Å². The predicted molar refractivity (Wildman–Crippen MR) is 88.5 cm³/mol. The van der Waals surface area contributed by atoms with Crippen LogP contribution in [0.3, 0.4) is 0 Å². The Kier molecular flexibility index (Phi) is 6.38. The first-order chi connectivity index (χ1) is 9.63. The van der Waals surface area contributed by atoms with Crippen LogP contribution < -0.4 is 10.0 Å². The summed E-state index contributed by atoms with van der Waals surface area (Å²) in [5.41, 5.74) is 1.56. The van der Waals surface area contributed by atoms with Gasteiger partial charge < -0.3 is 5.32 Å². The molecule has 1 rings (SSSR count). The Balaban J connectivity index is 2.67. The molecular formula is C16H28N2O2S. The zero-order valence-electron chi connectivity index (χ0n) is 13.7. The van der Waals surface area contributed by atoms with Crippen LogP contribution >= 0.6 is 0 Å². The highest BCUT2D eigenvalue weighted by molar-refractivity contribution is 7.88. The number of nitrogens with one attached hydrogen (secondary N) is 2. The van der Waals surface area contributed by atoms with Crippen LogP contribution in [0.15, 0.2) is 24.3 Å². The normalized spacial score (nSPS) is 12.9. The van der Waals surface area contributed by atoms with E-state index in [0.717, 1.165) is 24.1 Å². The fourth-order valence-corrected chi connectivity index (χ4v) is 3.51. The summed E-state index contributed by atoms with van der Waals surface area (Å²) in [5.74, 6) is 0.0221. The van der Waals surface area contributed by atoms with Gasteiger partial charge in [0.15, 0.2) is 0 Å². The fraction of sp³-hybridized carbons (Fsp3) is 0.625. The molecule has 0 aliphatic carbocycles. The molecule has 21 heavy (non-hydrogen) atoms. The lowest BCUT2D eigenvalue weighted by atomic mass is 10.0. The van der Waals surface area contributed by atoms with Crippen LogP contribution in [0.1, 0.15) is 52.2 Å². The molecule has 1 aromatic rings. The van der Waals surface area contributed by atoms with Gasteiger partial charge in [0, 0.05) is 18.1 Å². The van der Waals surface area contributed by atoms with Gasteiger partial charge in [-0.25, -0.2) is 13.1 Å². The fourth-order valence-electron chi connectivity index (χ4n) is 1.82. The van der Waals surface area contributed by atoms with Crippen molar-refractivity contribution in [1.29, 1.82) is 0 Å². The van der Waals surface area contributed by atoms with E-state index in [9.17, 15) is 8.42 Å². The Bertz CT molecular complexity index is 534. The van der Waals surface area contributed by atoms with Gasteiger partial charge in [0.25, 0.3) is 0 Å². The minimum atomic E-state index is -3.31. The molecule has 4 nitrogen and oxygen atoms in total. The van der Waals surface area contributed by atoms with Crippen molar-refractivity contribution in [3.05, 3.63) is 35.4 Å². The largest absolute Gasteiger partial charge is 0.310 e. The van der Waals surface area contributed by atoms with Crippen molar-refractivity contribution in [3.8, 4) is 0 Å². The summed E-state index contributed by atoms with van der Waals surface area (Å²) in [6, 6.07) is 8.16. The second kappa shape index (κ2) is 7.38. The summed E-state index contributed by atoms with van der Waals surface area (Å²) in [6.45, 7) is 10.8. The second-order valence-electron chi connectivity index (χ2n) is 6.45. The monoisotopic (exact) mass is 312 g/mol. The van der Waals surface area contributed by atoms with Crippen molar-refractivity contribution in [2.75, 3.05) is 0 Å². The standard InChI is InChI=1S/C16H28N2O2S/c1-6-16(4,5)18-21(19,20)12-15-9-7-14(8-10-15)11-17-13(2)3/h7-10,13,17-18H,6,11-12H2,1-5H3. The van der Waals surface area contributed by atoms with E-state index in [2.05, 4.69) is 23.9 Å². The minimum absolute atomic E-state index is 0.0221. The maximum absolute atomic E-state index is 12.2. The van der Waals surface area contributed by atoms with Gasteiger partial charge in [-0.15, -0.1) is 0 Å². The Labute approximate surface area is 129 Å². The van der Waals surface area contributed by atoms with Crippen molar-refractivity contribution in [2.45, 2.75) is 64.9 Å². The maximum Gasteiger partial charge on any atom is 0.216 e. The van der Waals surface area contributed by atoms with Gasteiger partial charge in [-0.2, -0.15) is 0 Å². The number of sulfonamides is 1. The molecule has 0 aliphatic rings. The van der Waals surface area contributed by atoms with Gasteiger partial charge in [-0.1, -0.05) is 45.0 Å². The third-order valence-electron chi connectivity index (χ3n) is 3.41. The van der Waals surface area contributed by atoms with E-state index in [4.69, 9.17) is 0 Å². The molecule has 0 saturated carbocycles. The molecule has 0 unspecified atom stereocenters. The quantitative estimate of drug-likeness (QED) is 0.776. The smallest absolute Gasteiger partial charge is 0.216 e. The van der Waals surface area contributed by atoms with E-state index in [1.807, 2.05) is 45.0 Å². The molecule has 5 heteroatoms. The van der Waals surface area contributed by atoms with Crippen LogP contribution in [-0.4, -0.2) is 20.0 Å². The lowest BCUT2D eigenvalue weighted by Gasteiger charge is -2.24. The van der Waals surface area contributed by atoms with E-state index in [1.54, 1.807) is 0 Å². The molecule has 0 radical (unpaired) electrons. The summed E-state index contributed by atoms with van der Waals surface area (Å²) in [5, 5.41) is 3.34. The SMILES string of the molecule is CCC(C)(C)NS(=O)(=O)Cc1ccc(CNC(C)C)cc1. The van der Waals surface area contributed by atoms with Gasteiger partial charge in [-0.05, 0) is 31.4 Å². The van der Waals surface area contributed by atoms with E-state index in [0.29, 0.717) is 6.04 Å². The average molecular weight is 312 g/mol. The first-order valence-electron chi connectivity index (χ1n) is 7.46. The highest BCUT2D eigenvalue weighted by atomic mass is 32.2. The van der Waals surface area contributed by atoms with E-state index < -0.39 is 15.6 Å². The zero-order chi connectivity index (χ0) is 16.1. The van der Waals surface area contributed by atoms with Crippen LogP contribution in [0.25, 0.3) is 0 Å². The highest BCUT2D eigenvalue weighted by Crippen LogP contribution is 2.13. The van der Waals surface area contributed by atoms with E-state index >= 15 is 0 Å². The molecule has 2 N–H and O–H groups in total. The molecule has 0 atom stereocenters. The summed E-state index contributed by atoms with van der Waals surface area (Å²) >= 11 is 0. The molecular weight excluding hydrogens is 284 g/mol. The van der Waals surface area contributed by atoms with Crippen molar-refractivity contribution < 1.29 is 8.42 Å². The third-order valence-corrected chi connectivity index (χ3v) is 4.99. The lowest BCUT2D eigenvalue weighted by molar-refractivity contribution is 0.439. The number of benzene rings is 1. The molecule has 0 bridgehead atoms. The van der Waals surface area contributed by atoms with Crippen LogP contribution in [0, 0.1) is 0 Å². The molecule has 0 amide bonds. The van der Waals surface area contributed by atoms with Gasteiger partial charge in [0.2, 0.25) is 10.0 Å². The van der Waals surface area contributed by atoms with Crippen molar-refractivity contribution in [2.24, 2.45) is 0 Å². The number of hydrogen-bond acceptors (Lipinski definition) is 3. The maximum atomic E-state index is 12.2. The van der Waals surface area contributed by atoms with Gasteiger partial charge in [0.05, 0.1) is 5.75 Å². The van der Waals surface area contributed by atoms with Crippen molar-refractivity contribution in [1.82, 2.24) is 10.0 Å². The average Bonchev–Trinajstić information content (AvgIpc) is 2.36. The summed E-state index contributed by atoms with van der Waals surface area (Å²) in [6.07, 6.45) is 0.756. The Hall–Kier alpha value is -0.910. The van der Waals surface area contributed by atoms with E-state index in [1.165, 1.54) is 0 Å². The molecule has 0 fully saturated rings.